The molecule has 146 valence electrons. The molecule has 1 amide bonds. The minimum atomic E-state index is -0.0102. The molecule has 7 heteroatoms. The highest BCUT2D eigenvalue weighted by molar-refractivity contribution is 7.12. The largest absolute Gasteiger partial charge is 0.494 e. The summed E-state index contributed by atoms with van der Waals surface area (Å²) in [6.07, 6.45) is 1.68. The zero-order chi connectivity index (χ0) is 19.2. The Balaban J connectivity index is 1.58. The van der Waals surface area contributed by atoms with Gasteiger partial charge in [-0.2, -0.15) is 0 Å². The predicted molar refractivity (Wildman–Crippen MR) is 112 cm³/mol. The number of guanidine groups is 1. The first kappa shape index (κ1) is 20.8. The number of thiophene rings is 1. The lowest BCUT2D eigenvalue weighted by atomic mass is 10.3. The van der Waals surface area contributed by atoms with Crippen LogP contribution in [0.5, 0.6) is 5.75 Å². The van der Waals surface area contributed by atoms with Crippen LogP contribution in [0.25, 0.3) is 0 Å². The van der Waals surface area contributed by atoms with Crippen molar-refractivity contribution in [1.29, 1.82) is 0 Å². The number of amides is 1. The van der Waals surface area contributed by atoms with E-state index in [-0.39, 0.29) is 5.91 Å². The standard InChI is InChI=1S/C20H28N4O2S/c1-2-21-20(24-14-8-15-26-17-9-4-3-5-10-17)23-13-7-12-22-19(25)18-11-6-16-27-18/h3-6,9-11,16H,2,7-8,12-15H2,1H3,(H,22,25)(H2,21,23,24). The second-order valence-electron chi connectivity index (χ2n) is 5.79. The maximum Gasteiger partial charge on any atom is 0.261 e. The molecule has 0 fully saturated rings. The monoisotopic (exact) mass is 388 g/mol. The van der Waals surface area contributed by atoms with Crippen molar-refractivity contribution in [2.45, 2.75) is 19.8 Å². The van der Waals surface area contributed by atoms with Gasteiger partial charge in [-0.15, -0.1) is 11.3 Å². The van der Waals surface area contributed by atoms with Crippen molar-refractivity contribution in [2.24, 2.45) is 4.99 Å². The van der Waals surface area contributed by atoms with Gasteiger partial charge in [0, 0.05) is 32.6 Å². The highest BCUT2D eigenvalue weighted by Crippen LogP contribution is 2.08. The average Bonchev–Trinajstić information content (AvgIpc) is 3.23. The van der Waals surface area contributed by atoms with E-state index < -0.39 is 0 Å². The van der Waals surface area contributed by atoms with E-state index in [4.69, 9.17) is 4.74 Å². The van der Waals surface area contributed by atoms with Crippen molar-refractivity contribution in [3.8, 4) is 5.75 Å². The fourth-order valence-corrected chi connectivity index (χ4v) is 2.94. The molecule has 0 saturated carbocycles. The molecule has 0 aliphatic rings. The molecule has 1 heterocycles. The molecule has 1 aromatic heterocycles. The number of rotatable bonds is 11. The van der Waals surface area contributed by atoms with Gasteiger partial charge in [0.2, 0.25) is 0 Å². The number of ether oxygens (including phenoxy) is 1. The van der Waals surface area contributed by atoms with Crippen LogP contribution in [0, 0.1) is 0 Å². The summed E-state index contributed by atoms with van der Waals surface area (Å²) in [5, 5.41) is 11.3. The Bertz CT molecular complexity index is 675. The first-order valence-corrected chi connectivity index (χ1v) is 10.2. The minimum absolute atomic E-state index is 0.0102. The predicted octanol–water partition coefficient (Wildman–Crippen LogP) is 2.89. The van der Waals surface area contributed by atoms with Crippen LogP contribution in [-0.4, -0.2) is 44.7 Å². The molecule has 0 saturated heterocycles. The highest BCUT2D eigenvalue weighted by atomic mass is 32.1. The Morgan fingerprint density at radius 1 is 1.04 bits per heavy atom. The van der Waals surface area contributed by atoms with Gasteiger partial charge in [-0.25, -0.2) is 0 Å². The van der Waals surface area contributed by atoms with Crippen LogP contribution in [0.2, 0.25) is 0 Å². The fraction of sp³-hybridized carbons (Fsp3) is 0.400. The lowest BCUT2D eigenvalue weighted by Crippen LogP contribution is -2.39. The van der Waals surface area contributed by atoms with Crippen LogP contribution in [0.1, 0.15) is 29.4 Å². The number of hydrogen-bond donors (Lipinski definition) is 3. The molecular weight excluding hydrogens is 360 g/mol. The summed E-state index contributed by atoms with van der Waals surface area (Å²) in [5.41, 5.74) is 0. The van der Waals surface area contributed by atoms with E-state index in [1.165, 1.54) is 11.3 Å². The van der Waals surface area contributed by atoms with Crippen molar-refractivity contribution in [1.82, 2.24) is 16.0 Å². The number of nitrogens with zero attached hydrogens (tertiary/aromatic N) is 1. The molecule has 0 spiro atoms. The summed E-state index contributed by atoms with van der Waals surface area (Å²) >= 11 is 1.45. The van der Waals surface area contributed by atoms with Crippen molar-refractivity contribution < 1.29 is 9.53 Å². The number of para-hydroxylation sites is 1. The summed E-state index contributed by atoms with van der Waals surface area (Å²) in [6.45, 7) is 5.56. The van der Waals surface area contributed by atoms with Crippen LogP contribution < -0.4 is 20.7 Å². The van der Waals surface area contributed by atoms with Gasteiger partial charge in [-0.3, -0.25) is 9.79 Å². The number of benzene rings is 1. The summed E-state index contributed by atoms with van der Waals surface area (Å²) in [6, 6.07) is 13.5. The van der Waals surface area contributed by atoms with E-state index in [9.17, 15) is 4.79 Å². The van der Waals surface area contributed by atoms with Gasteiger partial charge in [0.05, 0.1) is 11.5 Å². The molecule has 6 nitrogen and oxygen atoms in total. The van der Waals surface area contributed by atoms with Gasteiger partial charge < -0.3 is 20.7 Å². The van der Waals surface area contributed by atoms with Crippen LogP contribution >= 0.6 is 11.3 Å². The number of aliphatic imine (C=N–C) groups is 1. The number of nitrogens with one attached hydrogen (secondary N) is 3. The van der Waals surface area contributed by atoms with Gasteiger partial charge in [-0.05, 0) is 36.9 Å². The molecule has 0 unspecified atom stereocenters. The van der Waals surface area contributed by atoms with Crippen molar-refractivity contribution in [3.05, 3.63) is 52.7 Å². The normalized spacial score (nSPS) is 11.1. The number of carbonyl (C=O) groups is 1. The molecule has 0 aliphatic heterocycles. The highest BCUT2D eigenvalue weighted by Gasteiger charge is 2.04. The first-order valence-electron chi connectivity index (χ1n) is 9.31. The molecule has 0 atom stereocenters. The lowest BCUT2D eigenvalue weighted by molar-refractivity contribution is 0.0957. The Morgan fingerprint density at radius 3 is 2.59 bits per heavy atom. The Labute approximate surface area is 165 Å². The van der Waals surface area contributed by atoms with Crippen molar-refractivity contribution in [2.75, 3.05) is 32.8 Å². The molecule has 0 bridgehead atoms. The SMILES string of the molecule is CCNC(=NCCCOc1ccccc1)NCCCNC(=O)c1cccs1. The van der Waals surface area contributed by atoms with Crippen LogP contribution in [0.4, 0.5) is 0 Å². The van der Waals surface area contributed by atoms with Gasteiger partial charge >= 0.3 is 0 Å². The zero-order valence-electron chi connectivity index (χ0n) is 15.7. The number of carbonyl (C=O) groups excluding carboxylic acids is 1. The summed E-state index contributed by atoms with van der Waals surface area (Å²) in [7, 11) is 0. The van der Waals surface area contributed by atoms with Crippen LogP contribution in [0.3, 0.4) is 0 Å². The average molecular weight is 389 g/mol. The maximum absolute atomic E-state index is 11.8. The Kier molecular flexibility index (Phi) is 9.81. The van der Waals surface area contributed by atoms with Gasteiger partial charge in [0.25, 0.3) is 5.91 Å². The summed E-state index contributed by atoms with van der Waals surface area (Å²) < 4.78 is 5.66. The summed E-state index contributed by atoms with van der Waals surface area (Å²) in [4.78, 5) is 17.1. The first-order chi connectivity index (χ1) is 13.3. The molecule has 3 N–H and O–H groups in total. The zero-order valence-corrected chi connectivity index (χ0v) is 16.6. The quantitative estimate of drug-likeness (QED) is 0.314. The summed E-state index contributed by atoms with van der Waals surface area (Å²) in [5.74, 6) is 1.67. The van der Waals surface area contributed by atoms with E-state index in [0.29, 0.717) is 19.7 Å². The third-order valence-electron chi connectivity index (χ3n) is 3.61. The van der Waals surface area contributed by atoms with Gasteiger partial charge in [0.15, 0.2) is 5.96 Å². The van der Waals surface area contributed by atoms with Gasteiger partial charge in [0.1, 0.15) is 5.75 Å². The molecule has 0 radical (unpaired) electrons. The minimum Gasteiger partial charge on any atom is -0.494 e. The topological polar surface area (TPSA) is 74.8 Å². The molecule has 1 aromatic carbocycles. The molecule has 27 heavy (non-hydrogen) atoms. The molecule has 2 rings (SSSR count). The second kappa shape index (κ2) is 12.8. The second-order valence-corrected chi connectivity index (χ2v) is 6.74. The van der Waals surface area contributed by atoms with Crippen LogP contribution in [0.15, 0.2) is 52.8 Å². The van der Waals surface area contributed by atoms with E-state index in [1.807, 2.05) is 54.8 Å². The smallest absolute Gasteiger partial charge is 0.261 e. The van der Waals surface area contributed by atoms with Crippen molar-refractivity contribution >= 4 is 23.2 Å². The third-order valence-corrected chi connectivity index (χ3v) is 4.47. The molecular formula is C20H28N4O2S. The molecule has 2 aromatic rings. The Morgan fingerprint density at radius 2 is 1.85 bits per heavy atom. The van der Waals surface area contributed by atoms with E-state index in [1.54, 1.807) is 0 Å². The van der Waals surface area contributed by atoms with Crippen molar-refractivity contribution in [3.63, 3.8) is 0 Å². The number of hydrogen-bond acceptors (Lipinski definition) is 4. The lowest BCUT2D eigenvalue weighted by Gasteiger charge is -2.11. The van der Waals surface area contributed by atoms with E-state index >= 15 is 0 Å². The molecule has 0 aliphatic carbocycles. The fourth-order valence-electron chi connectivity index (χ4n) is 2.30. The Hall–Kier alpha value is -2.54. The maximum atomic E-state index is 11.8. The van der Waals surface area contributed by atoms with E-state index in [0.717, 1.165) is 42.5 Å². The third kappa shape index (κ3) is 8.59. The van der Waals surface area contributed by atoms with Crippen LogP contribution in [-0.2, 0) is 0 Å². The van der Waals surface area contributed by atoms with Gasteiger partial charge in [-0.1, -0.05) is 24.3 Å². The van der Waals surface area contributed by atoms with E-state index in [2.05, 4.69) is 20.9 Å².